The Bertz CT molecular complexity index is 662. The summed E-state index contributed by atoms with van der Waals surface area (Å²) in [6, 6.07) is -3.27. The Morgan fingerprint density at radius 3 is 2.10 bits per heavy atom. The highest BCUT2D eigenvalue weighted by Gasteiger charge is 2.73. The first-order valence-corrected chi connectivity index (χ1v) is 10.2. The molecule has 0 heterocycles. The van der Waals surface area contributed by atoms with Crippen molar-refractivity contribution in [1.82, 2.24) is 0 Å². The molecule has 174 valence electrons. The maximum Gasteiger partial charge on any atom is 0.395 e. The summed E-state index contributed by atoms with van der Waals surface area (Å²) in [4.78, 5) is -0.411. The van der Waals surface area contributed by atoms with Crippen molar-refractivity contribution in [2.45, 2.75) is 83.6 Å². The Balaban J connectivity index is 3.35. The molecule has 0 radical (unpaired) electrons. The number of benzene rings is 1. The first-order chi connectivity index (χ1) is 13.8. The van der Waals surface area contributed by atoms with E-state index in [1.54, 1.807) is 13.8 Å². The molecule has 0 aromatic heterocycles. The number of nitrogens with zero attached hydrogens (tertiary/aromatic N) is 1. The zero-order valence-electron chi connectivity index (χ0n) is 17.4. The van der Waals surface area contributed by atoms with E-state index in [-0.39, 0.29) is 12.8 Å². The number of alkyl halides is 6. The molecule has 1 rings (SSSR count). The Morgan fingerprint density at radius 2 is 1.53 bits per heavy atom. The third kappa shape index (κ3) is 5.78. The molecular weight excluding hydrogens is 418 g/mol. The summed E-state index contributed by atoms with van der Waals surface area (Å²) in [6.07, 6.45) is 0.391. The average Bonchev–Trinajstić information content (AvgIpc) is 2.65. The van der Waals surface area contributed by atoms with E-state index >= 15 is 0 Å². The van der Waals surface area contributed by atoms with Crippen LogP contribution in [-0.2, 0) is 0 Å². The lowest BCUT2D eigenvalue weighted by Crippen LogP contribution is -2.63. The third-order valence-electron chi connectivity index (χ3n) is 5.02. The van der Waals surface area contributed by atoms with E-state index in [1.807, 2.05) is 0 Å². The molecule has 1 aromatic rings. The molecule has 1 unspecified atom stereocenters. The van der Waals surface area contributed by atoms with Gasteiger partial charge < -0.3 is 4.90 Å². The monoisotopic (exact) mass is 447 g/mol. The van der Waals surface area contributed by atoms with Gasteiger partial charge in [-0.1, -0.05) is 52.5 Å². The summed E-state index contributed by atoms with van der Waals surface area (Å²) in [5.74, 6) is -14.8. The van der Waals surface area contributed by atoms with Crippen LogP contribution in [0, 0.1) is 17.6 Å². The van der Waals surface area contributed by atoms with Gasteiger partial charge >= 0.3 is 17.9 Å². The van der Waals surface area contributed by atoms with Gasteiger partial charge in [0.15, 0.2) is 11.6 Å². The molecule has 0 aliphatic heterocycles. The molecule has 0 saturated heterocycles. The summed E-state index contributed by atoms with van der Waals surface area (Å²) in [7, 11) is 0. The van der Waals surface area contributed by atoms with Crippen molar-refractivity contribution in [2.24, 2.45) is 5.92 Å². The van der Waals surface area contributed by atoms with Crippen LogP contribution in [0.25, 0.3) is 0 Å². The topological polar surface area (TPSA) is 3.24 Å². The lowest BCUT2D eigenvalue weighted by atomic mass is 9.99. The average molecular weight is 447 g/mol. The lowest BCUT2D eigenvalue weighted by molar-refractivity contribution is -0.310. The second kappa shape index (κ2) is 10.7. The van der Waals surface area contributed by atoms with Crippen molar-refractivity contribution in [3.05, 3.63) is 29.8 Å². The molecule has 9 heteroatoms. The highest BCUT2D eigenvalue weighted by Crippen LogP contribution is 2.51. The third-order valence-corrected chi connectivity index (χ3v) is 5.02. The van der Waals surface area contributed by atoms with E-state index < -0.39 is 59.0 Å². The quantitative estimate of drug-likeness (QED) is 0.168. The standard InChI is InChI=1S/C21H29F8N/c1-4-6-7-8-13-19(24,25)20(26,27)21(28,29)30(14-15(3)10-5-2)17-12-9-11-16(22)18(17)23/h9,11-12,15H,4-8,10,13-14H2,1-3H3. The van der Waals surface area contributed by atoms with Gasteiger partial charge in [0.2, 0.25) is 0 Å². The van der Waals surface area contributed by atoms with Crippen LogP contribution >= 0.6 is 0 Å². The minimum atomic E-state index is -5.79. The molecule has 1 atom stereocenters. The van der Waals surface area contributed by atoms with E-state index in [0.717, 1.165) is 6.07 Å². The van der Waals surface area contributed by atoms with E-state index in [2.05, 4.69) is 0 Å². The summed E-state index contributed by atoms with van der Waals surface area (Å²) in [6.45, 7) is 4.11. The van der Waals surface area contributed by atoms with Gasteiger partial charge in [0.1, 0.15) is 0 Å². The molecule has 0 bridgehead atoms. The predicted octanol–water partition coefficient (Wildman–Crippen LogP) is 8.04. The van der Waals surface area contributed by atoms with E-state index in [0.29, 0.717) is 37.8 Å². The van der Waals surface area contributed by atoms with Gasteiger partial charge in [-0.25, -0.2) is 8.78 Å². The van der Waals surface area contributed by atoms with Crippen molar-refractivity contribution >= 4 is 5.69 Å². The molecular formula is C21H29F8N. The zero-order chi connectivity index (χ0) is 23.2. The molecule has 0 amide bonds. The molecule has 0 spiro atoms. The minimum absolute atomic E-state index is 0.198. The van der Waals surface area contributed by atoms with Crippen LogP contribution in [0.5, 0.6) is 0 Å². The maximum absolute atomic E-state index is 14.9. The second-order valence-electron chi connectivity index (χ2n) is 7.71. The van der Waals surface area contributed by atoms with E-state index in [1.165, 1.54) is 6.92 Å². The van der Waals surface area contributed by atoms with Gasteiger partial charge in [-0.2, -0.15) is 26.3 Å². The number of rotatable bonds is 13. The van der Waals surface area contributed by atoms with Crippen LogP contribution in [0.4, 0.5) is 40.8 Å². The van der Waals surface area contributed by atoms with Crippen molar-refractivity contribution in [2.75, 3.05) is 11.4 Å². The molecule has 1 nitrogen and oxygen atoms in total. The Morgan fingerprint density at radius 1 is 0.900 bits per heavy atom. The number of hydrogen-bond acceptors (Lipinski definition) is 1. The molecule has 0 fully saturated rings. The van der Waals surface area contributed by atoms with Gasteiger partial charge in [-0.05, 0) is 30.9 Å². The second-order valence-corrected chi connectivity index (χ2v) is 7.71. The van der Waals surface area contributed by atoms with Crippen LogP contribution in [0.1, 0.15) is 65.7 Å². The van der Waals surface area contributed by atoms with Crippen LogP contribution in [-0.4, -0.2) is 24.4 Å². The summed E-state index contributed by atoms with van der Waals surface area (Å²) < 4.78 is 115. The number of anilines is 1. The number of halogens is 8. The van der Waals surface area contributed by atoms with Crippen LogP contribution in [0.15, 0.2) is 18.2 Å². The summed E-state index contributed by atoms with van der Waals surface area (Å²) in [5.41, 5.74) is -1.18. The molecule has 0 N–H and O–H groups in total. The van der Waals surface area contributed by atoms with Crippen molar-refractivity contribution < 1.29 is 35.1 Å². The first-order valence-electron chi connectivity index (χ1n) is 10.2. The Hall–Kier alpha value is -1.54. The molecule has 0 aliphatic rings. The van der Waals surface area contributed by atoms with Crippen molar-refractivity contribution in [3.8, 4) is 0 Å². The molecule has 1 aromatic carbocycles. The van der Waals surface area contributed by atoms with Gasteiger partial charge in [0.25, 0.3) is 0 Å². The van der Waals surface area contributed by atoms with Gasteiger partial charge in [0, 0.05) is 13.0 Å². The Kier molecular flexibility index (Phi) is 9.42. The highest BCUT2D eigenvalue weighted by molar-refractivity contribution is 5.50. The van der Waals surface area contributed by atoms with Gasteiger partial charge in [0.05, 0.1) is 5.69 Å². The fraction of sp³-hybridized carbons (Fsp3) is 0.714. The minimum Gasteiger partial charge on any atom is -0.305 e. The fourth-order valence-electron chi connectivity index (χ4n) is 3.28. The number of unbranched alkanes of at least 4 members (excludes halogenated alkanes) is 3. The predicted molar refractivity (Wildman–Crippen MR) is 101 cm³/mol. The molecule has 0 aliphatic carbocycles. The maximum atomic E-state index is 14.9. The zero-order valence-corrected chi connectivity index (χ0v) is 17.4. The van der Waals surface area contributed by atoms with Crippen LogP contribution in [0.3, 0.4) is 0 Å². The molecule has 30 heavy (non-hydrogen) atoms. The smallest absolute Gasteiger partial charge is 0.305 e. The van der Waals surface area contributed by atoms with Gasteiger partial charge in [-0.15, -0.1) is 0 Å². The van der Waals surface area contributed by atoms with Crippen LogP contribution < -0.4 is 4.90 Å². The van der Waals surface area contributed by atoms with Crippen LogP contribution in [0.2, 0.25) is 0 Å². The summed E-state index contributed by atoms with van der Waals surface area (Å²) >= 11 is 0. The van der Waals surface area contributed by atoms with E-state index in [9.17, 15) is 35.1 Å². The Labute approximate surface area is 172 Å². The largest absolute Gasteiger partial charge is 0.395 e. The SMILES string of the molecule is CCCCCCC(F)(F)C(F)(F)C(F)(F)N(CC(C)CCC)c1cccc(F)c1F. The highest BCUT2D eigenvalue weighted by atomic mass is 19.3. The van der Waals surface area contributed by atoms with Crippen molar-refractivity contribution in [3.63, 3.8) is 0 Å². The lowest BCUT2D eigenvalue weighted by Gasteiger charge is -2.41. The van der Waals surface area contributed by atoms with E-state index in [4.69, 9.17) is 0 Å². The fourth-order valence-corrected chi connectivity index (χ4v) is 3.28. The summed E-state index contributed by atoms with van der Waals surface area (Å²) in [5, 5.41) is 0. The van der Waals surface area contributed by atoms with Gasteiger partial charge in [-0.3, -0.25) is 0 Å². The number of hydrogen-bond donors (Lipinski definition) is 0. The van der Waals surface area contributed by atoms with Crippen molar-refractivity contribution in [1.29, 1.82) is 0 Å². The molecule has 0 saturated carbocycles. The first kappa shape index (κ1) is 26.5. The normalized spacial score (nSPS) is 14.1.